The summed E-state index contributed by atoms with van der Waals surface area (Å²) in [7, 11) is 0. The summed E-state index contributed by atoms with van der Waals surface area (Å²) in [5, 5.41) is 10.8. The summed E-state index contributed by atoms with van der Waals surface area (Å²) in [6, 6.07) is 0. The SMILES string of the molecule is CC(C)C(=O)NNC(=O)CSc1nnc2c3c4c(sc3nc(C3CC3)n12)CCCC4. The fraction of sp³-hybridized carbons (Fsp3) is 0.550. The average Bonchev–Trinajstić information content (AvgIpc) is 3.39. The van der Waals surface area contributed by atoms with Crippen molar-refractivity contribution in [1.29, 1.82) is 0 Å². The molecule has 3 heterocycles. The molecule has 2 N–H and O–H groups in total. The number of carbonyl (C=O) groups excluding carboxylic acids is 2. The molecule has 2 aliphatic rings. The number of rotatable bonds is 5. The van der Waals surface area contributed by atoms with Crippen LogP contribution in [0.5, 0.6) is 0 Å². The van der Waals surface area contributed by atoms with Gasteiger partial charge in [-0.3, -0.25) is 24.8 Å². The van der Waals surface area contributed by atoms with Gasteiger partial charge in [-0.05, 0) is 44.1 Å². The number of carbonyl (C=O) groups is 2. The highest BCUT2D eigenvalue weighted by Gasteiger charge is 2.32. The van der Waals surface area contributed by atoms with E-state index in [-0.39, 0.29) is 23.5 Å². The largest absolute Gasteiger partial charge is 0.273 e. The number of aryl methyl sites for hydroxylation is 2. The molecule has 0 radical (unpaired) electrons. The van der Waals surface area contributed by atoms with Crippen molar-refractivity contribution in [2.45, 2.75) is 63.4 Å². The van der Waals surface area contributed by atoms with Crippen molar-refractivity contribution in [2.75, 3.05) is 5.75 Å². The number of thiophene rings is 1. The molecule has 0 saturated heterocycles. The van der Waals surface area contributed by atoms with Crippen LogP contribution in [0.25, 0.3) is 15.9 Å². The molecule has 0 bridgehead atoms. The molecule has 3 aromatic rings. The van der Waals surface area contributed by atoms with Gasteiger partial charge in [0.15, 0.2) is 10.8 Å². The van der Waals surface area contributed by atoms with Crippen molar-refractivity contribution >= 4 is 50.8 Å². The van der Waals surface area contributed by atoms with Gasteiger partial charge in [0, 0.05) is 16.7 Å². The van der Waals surface area contributed by atoms with Crippen molar-refractivity contribution in [3.63, 3.8) is 0 Å². The number of amides is 2. The van der Waals surface area contributed by atoms with Crippen LogP contribution in [0.15, 0.2) is 5.16 Å². The van der Waals surface area contributed by atoms with Crippen molar-refractivity contribution in [1.82, 2.24) is 30.4 Å². The molecule has 1 fully saturated rings. The predicted octanol–water partition coefficient (Wildman–Crippen LogP) is 2.99. The summed E-state index contributed by atoms with van der Waals surface area (Å²) in [5.41, 5.74) is 7.16. The monoisotopic (exact) mass is 444 g/mol. The Morgan fingerprint density at radius 2 is 2.00 bits per heavy atom. The standard InChI is InChI=1S/C20H24N6O2S2/c1-10(2)18(28)24-22-14(27)9-29-20-25-23-17-15-12-5-3-4-6-13(12)30-19(15)21-16(26(17)20)11-7-8-11/h10-11H,3-9H2,1-2H3,(H,22,27)(H,24,28). The first-order valence-corrected chi connectivity index (χ1v) is 12.2. The van der Waals surface area contributed by atoms with E-state index in [0.717, 1.165) is 47.4 Å². The fourth-order valence-electron chi connectivity index (χ4n) is 3.80. The highest BCUT2D eigenvalue weighted by molar-refractivity contribution is 7.99. The van der Waals surface area contributed by atoms with Crippen molar-refractivity contribution in [3.05, 3.63) is 16.3 Å². The highest BCUT2D eigenvalue weighted by Crippen LogP contribution is 2.44. The first kappa shape index (κ1) is 19.7. The van der Waals surface area contributed by atoms with E-state index in [1.165, 1.54) is 35.0 Å². The Kier molecular flexibility index (Phi) is 5.14. The zero-order chi connectivity index (χ0) is 20.8. The first-order chi connectivity index (χ1) is 14.5. The third-order valence-electron chi connectivity index (χ3n) is 5.58. The Morgan fingerprint density at radius 1 is 1.20 bits per heavy atom. The molecule has 158 valence electrons. The summed E-state index contributed by atoms with van der Waals surface area (Å²) in [5.74, 6) is 0.905. The third-order valence-corrected chi connectivity index (χ3v) is 7.69. The van der Waals surface area contributed by atoms with Crippen molar-refractivity contribution in [2.24, 2.45) is 5.92 Å². The van der Waals surface area contributed by atoms with Gasteiger partial charge >= 0.3 is 0 Å². The smallest absolute Gasteiger partial charge is 0.248 e. The minimum Gasteiger partial charge on any atom is -0.273 e. The van der Waals surface area contributed by atoms with E-state index in [1.54, 1.807) is 13.8 Å². The third kappa shape index (κ3) is 3.56. The molecular weight excluding hydrogens is 420 g/mol. The maximum absolute atomic E-state index is 12.2. The lowest BCUT2D eigenvalue weighted by atomic mass is 9.97. The summed E-state index contributed by atoms with van der Waals surface area (Å²) in [6.45, 7) is 3.55. The molecule has 0 spiro atoms. The molecule has 0 aromatic carbocycles. The van der Waals surface area contributed by atoms with E-state index in [0.29, 0.717) is 11.1 Å². The van der Waals surface area contributed by atoms with Crippen LogP contribution in [0.4, 0.5) is 0 Å². The lowest BCUT2D eigenvalue weighted by molar-refractivity contribution is -0.129. The second-order valence-corrected chi connectivity index (χ2v) is 10.3. The number of nitrogens with zero attached hydrogens (tertiary/aromatic N) is 4. The van der Waals surface area contributed by atoms with Crippen LogP contribution in [0, 0.1) is 5.92 Å². The summed E-state index contributed by atoms with van der Waals surface area (Å²) < 4.78 is 2.06. The van der Waals surface area contributed by atoms with Crippen molar-refractivity contribution in [3.8, 4) is 0 Å². The number of aromatic nitrogens is 4. The van der Waals surface area contributed by atoms with Gasteiger partial charge < -0.3 is 0 Å². The predicted molar refractivity (Wildman–Crippen MR) is 117 cm³/mol. The molecule has 1 saturated carbocycles. The number of nitrogens with one attached hydrogen (secondary N) is 2. The molecule has 30 heavy (non-hydrogen) atoms. The molecule has 0 atom stereocenters. The van der Waals surface area contributed by atoms with Gasteiger partial charge in [0.25, 0.3) is 0 Å². The van der Waals surface area contributed by atoms with E-state index < -0.39 is 0 Å². The van der Waals surface area contributed by atoms with Gasteiger partial charge in [-0.1, -0.05) is 25.6 Å². The van der Waals surface area contributed by atoms with Gasteiger partial charge in [-0.15, -0.1) is 21.5 Å². The highest BCUT2D eigenvalue weighted by atomic mass is 32.2. The number of fused-ring (bicyclic) bond motifs is 5. The van der Waals surface area contributed by atoms with Crippen LogP contribution in [0.2, 0.25) is 0 Å². The molecule has 10 heteroatoms. The number of hydrogen-bond acceptors (Lipinski definition) is 7. The molecule has 2 aliphatic carbocycles. The minimum atomic E-state index is -0.277. The normalized spacial score (nSPS) is 16.2. The molecule has 5 rings (SSSR count). The topological polar surface area (TPSA) is 101 Å². The average molecular weight is 445 g/mol. The molecule has 2 amide bonds. The number of thioether (sulfide) groups is 1. The van der Waals surface area contributed by atoms with Gasteiger partial charge in [0.05, 0.1) is 11.1 Å². The minimum absolute atomic E-state index is 0.142. The Hall–Kier alpha value is -2.20. The molecule has 3 aromatic heterocycles. The van der Waals surface area contributed by atoms with Crippen LogP contribution in [-0.4, -0.2) is 37.1 Å². The van der Waals surface area contributed by atoms with E-state index in [1.807, 2.05) is 11.3 Å². The quantitative estimate of drug-likeness (QED) is 0.463. The molecule has 8 nitrogen and oxygen atoms in total. The Bertz CT molecular complexity index is 1150. The van der Waals surface area contributed by atoms with E-state index in [9.17, 15) is 9.59 Å². The molecule has 0 aliphatic heterocycles. The van der Waals surface area contributed by atoms with Gasteiger partial charge in [0.1, 0.15) is 10.7 Å². The van der Waals surface area contributed by atoms with E-state index in [2.05, 4.69) is 25.4 Å². The maximum Gasteiger partial charge on any atom is 0.248 e. The van der Waals surface area contributed by atoms with Gasteiger partial charge in [-0.25, -0.2) is 4.98 Å². The molecular formula is C20H24N6O2S2. The van der Waals surface area contributed by atoms with Crippen LogP contribution in [0.1, 0.15) is 61.7 Å². The number of hydrogen-bond donors (Lipinski definition) is 2. The maximum atomic E-state index is 12.2. The fourth-order valence-corrected chi connectivity index (χ4v) is 5.81. The first-order valence-electron chi connectivity index (χ1n) is 10.4. The second-order valence-electron chi connectivity index (χ2n) is 8.26. The van der Waals surface area contributed by atoms with E-state index in [4.69, 9.17) is 4.98 Å². The summed E-state index contributed by atoms with van der Waals surface area (Å²) >= 11 is 3.13. The molecule has 0 unspecified atom stereocenters. The van der Waals surface area contributed by atoms with E-state index >= 15 is 0 Å². The van der Waals surface area contributed by atoms with Crippen LogP contribution in [0.3, 0.4) is 0 Å². The summed E-state index contributed by atoms with van der Waals surface area (Å²) in [6.07, 6.45) is 6.89. The Labute approximate surface area is 182 Å². The summed E-state index contributed by atoms with van der Waals surface area (Å²) in [4.78, 5) is 31.4. The Morgan fingerprint density at radius 3 is 2.77 bits per heavy atom. The Balaban J connectivity index is 1.45. The van der Waals surface area contributed by atoms with Crippen molar-refractivity contribution < 1.29 is 9.59 Å². The zero-order valence-corrected chi connectivity index (χ0v) is 18.7. The zero-order valence-electron chi connectivity index (χ0n) is 17.0. The van der Waals surface area contributed by atoms with Crippen LogP contribution >= 0.6 is 23.1 Å². The lowest BCUT2D eigenvalue weighted by Gasteiger charge is -2.11. The van der Waals surface area contributed by atoms with Gasteiger partial charge in [0.2, 0.25) is 11.8 Å². The van der Waals surface area contributed by atoms with Crippen LogP contribution in [-0.2, 0) is 22.4 Å². The lowest BCUT2D eigenvalue weighted by Crippen LogP contribution is -2.44. The second kappa shape index (κ2) is 7.81. The van der Waals surface area contributed by atoms with Gasteiger partial charge in [-0.2, -0.15) is 0 Å². The van der Waals surface area contributed by atoms with Crippen LogP contribution < -0.4 is 10.9 Å². The number of hydrazine groups is 1.